The van der Waals surface area contributed by atoms with Crippen LogP contribution in [0.5, 0.6) is 0 Å². The lowest BCUT2D eigenvalue weighted by molar-refractivity contribution is -0.124. The first kappa shape index (κ1) is 12.8. The summed E-state index contributed by atoms with van der Waals surface area (Å²) in [5.74, 6) is -0.808. The maximum absolute atomic E-state index is 11.8. The van der Waals surface area contributed by atoms with E-state index in [1.165, 1.54) is 0 Å². The molecule has 4 N–H and O–H groups in total. The van der Waals surface area contributed by atoms with Crippen molar-refractivity contribution >= 4 is 11.7 Å². The third kappa shape index (κ3) is 3.37. The van der Waals surface area contributed by atoms with Crippen LogP contribution in [0.1, 0.15) is 26.2 Å². The van der Waals surface area contributed by atoms with Crippen molar-refractivity contribution in [3.63, 3.8) is 0 Å². The van der Waals surface area contributed by atoms with Crippen molar-refractivity contribution in [2.45, 2.75) is 32.2 Å². The average Bonchev–Trinajstić information content (AvgIpc) is 2.31. The molecule has 1 amide bonds. The molecule has 6 nitrogen and oxygen atoms in total. The van der Waals surface area contributed by atoms with Crippen molar-refractivity contribution in [2.75, 3.05) is 13.2 Å². The molecule has 0 aliphatic carbocycles. The van der Waals surface area contributed by atoms with E-state index in [9.17, 15) is 4.79 Å². The topological polar surface area (TPSA) is 96.9 Å². The van der Waals surface area contributed by atoms with Crippen molar-refractivity contribution in [3.8, 4) is 0 Å². The lowest BCUT2D eigenvalue weighted by Gasteiger charge is -2.25. The molecule has 1 aliphatic rings. The molecule has 1 saturated heterocycles. The Hall–Kier alpha value is -1.30. The monoisotopic (exact) mass is 229 g/mol. The van der Waals surface area contributed by atoms with Gasteiger partial charge >= 0.3 is 0 Å². The van der Waals surface area contributed by atoms with Crippen LogP contribution in [0.15, 0.2) is 5.16 Å². The molecule has 92 valence electrons. The predicted molar refractivity (Wildman–Crippen MR) is 59.2 cm³/mol. The van der Waals surface area contributed by atoms with E-state index in [-0.39, 0.29) is 17.8 Å². The molecule has 0 aromatic rings. The highest BCUT2D eigenvalue weighted by molar-refractivity contribution is 6.02. The number of carbonyl (C=O) groups excluding carboxylic acids is 1. The molecule has 1 fully saturated rings. The zero-order valence-electron chi connectivity index (χ0n) is 9.48. The molecular formula is C10H19N3O3. The van der Waals surface area contributed by atoms with E-state index in [2.05, 4.69) is 10.5 Å². The van der Waals surface area contributed by atoms with Crippen LogP contribution < -0.4 is 11.1 Å². The molecule has 0 aromatic carbocycles. The number of hydrogen-bond acceptors (Lipinski definition) is 4. The summed E-state index contributed by atoms with van der Waals surface area (Å²) >= 11 is 0. The Kier molecular flexibility index (Phi) is 5.04. The Morgan fingerprint density at radius 1 is 1.75 bits per heavy atom. The van der Waals surface area contributed by atoms with Crippen LogP contribution >= 0.6 is 0 Å². The zero-order valence-corrected chi connectivity index (χ0v) is 9.48. The fourth-order valence-electron chi connectivity index (χ4n) is 1.75. The molecule has 0 bridgehead atoms. The van der Waals surface area contributed by atoms with Crippen molar-refractivity contribution in [1.29, 1.82) is 0 Å². The highest BCUT2D eigenvalue weighted by Crippen LogP contribution is 2.09. The number of nitrogens with two attached hydrogens (primary N) is 1. The smallest absolute Gasteiger partial charge is 0.231 e. The number of amidine groups is 1. The van der Waals surface area contributed by atoms with Gasteiger partial charge in [0.05, 0.1) is 18.6 Å². The van der Waals surface area contributed by atoms with E-state index >= 15 is 0 Å². The summed E-state index contributed by atoms with van der Waals surface area (Å²) in [4.78, 5) is 11.8. The lowest BCUT2D eigenvalue weighted by atomic mass is 10.0. The summed E-state index contributed by atoms with van der Waals surface area (Å²) < 4.78 is 5.26. The normalized spacial score (nSPS) is 23.8. The summed E-state index contributed by atoms with van der Waals surface area (Å²) in [6.45, 7) is 3.11. The molecule has 0 spiro atoms. The highest BCUT2D eigenvalue weighted by Gasteiger charge is 2.24. The Morgan fingerprint density at radius 2 is 2.50 bits per heavy atom. The summed E-state index contributed by atoms with van der Waals surface area (Å²) in [7, 11) is 0. The number of hydrogen-bond donors (Lipinski definition) is 3. The second kappa shape index (κ2) is 6.32. The second-order valence-electron chi connectivity index (χ2n) is 3.91. The van der Waals surface area contributed by atoms with Gasteiger partial charge in [0.25, 0.3) is 0 Å². The SMILES string of the molecule is CCC(C(=O)NC1CCCOC1)C(N)=NO. The quantitative estimate of drug-likeness (QED) is 0.275. The van der Waals surface area contributed by atoms with Crippen molar-refractivity contribution in [1.82, 2.24) is 5.32 Å². The molecule has 0 radical (unpaired) electrons. The summed E-state index contributed by atoms with van der Waals surface area (Å²) in [5, 5.41) is 14.3. The minimum absolute atomic E-state index is 0.0433. The third-order valence-corrected chi connectivity index (χ3v) is 2.70. The number of ether oxygens (including phenoxy) is 1. The molecule has 1 heterocycles. The minimum atomic E-state index is -0.563. The maximum Gasteiger partial charge on any atom is 0.231 e. The van der Waals surface area contributed by atoms with Crippen LogP contribution in [0.3, 0.4) is 0 Å². The first-order valence-electron chi connectivity index (χ1n) is 5.54. The van der Waals surface area contributed by atoms with E-state index in [1.807, 2.05) is 6.92 Å². The largest absolute Gasteiger partial charge is 0.409 e. The maximum atomic E-state index is 11.8. The van der Waals surface area contributed by atoms with Crippen LogP contribution in [0.2, 0.25) is 0 Å². The van der Waals surface area contributed by atoms with E-state index < -0.39 is 5.92 Å². The standard InChI is InChI=1S/C10H19N3O3/c1-2-8(9(11)13-15)10(14)12-7-4-3-5-16-6-7/h7-8,15H,2-6H2,1H3,(H2,11,13)(H,12,14). The van der Waals surface area contributed by atoms with E-state index in [1.54, 1.807) is 0 Å². The molecule has 0 aromatic heterocycles. The average molecular weight is 229 g/mol. The summed E-state index contributed by atoms with van der Waals surface area (Å²) in [6.07, 6.45) is 2.37. The molecular weight excluding hydrogens is 210 g/mol. The first-order chi connectivity index (χ1) is 7.69. The molecule has 6 heteroatoms. The van der Waals surface area contributed by atoms with E-state index in [0.29, 0.717) is 13.0 Å². The van der Waals surface area contributed by atoms with Crippen LogP contribution in [0.25, 0.3) is 0 Å². The Morgan fingerprint density at radius 3 is 3.00 bits per heavy atom. The predicted octanol–water partition coefficient (Wildman–Crippen LogP) is 0.0542. The molecule has 2 atom stereocenters. The number of nitrogens with one attached hydrogen (secondary N) is 1. The molecule has 1 aliphatic heterocycles. The van der Waals surface area contributed by atoms with Gasteiger partial charge in [0.15, 0.2) is 5.84 Å². The number of rotatable bonds is 4. The number of carbonyl (C=O) groups is 1. The molecule has 16 heavy (non-hydrogen) atoms. The van der Waals surface area contributed by atoms with E-state index in [0.717, 1.165) is 19.4 Å². The van der Waals surface area contributed by atoms with Crippen LogP contribution in [-0.2, 0) is 9.53 Å². The number of oxime groups is 1. The van der Waals surface area contributed by atoms with Crippen LogP contribution in [0, 0.1) is 5.92 Å². The second-order valence-corrected chi connectivity index (χ2v) is 3.91. The van der Waals surface area contributed by atoms with Gasteiger partial charge in [-0.05, 0) is 19.3 Å². The van der Waals surface area contributed by atoms with Crippen molar-refractivity contribution in [2.24, 2.45) is 16.8 Å². The fourth-order valence-corrected chi connectivity index (χ4v) is 1.75. The Bertz CT molecular complexity index is 262. The van der Waals surface area contributed by atoms with Crippen molar-refractivity contribution < 1.29 is 14.7 Å². The summed E-state index contributed by atoms with van der Waals surface area (Å²) in [6, 6.07) is 0.0433. The van der Waals surface area contributed by atoms with Gasteiger partial charge in [-0.3, -0.25) is 4.79 Å². The van der Waals surface area contributed by atoms with Gasteiger partial charge < -0.3 is 21.0 Å². The first-order valence-corrected chi connectivity index (χ1v) is 5.54. The lowest BCUT2D eigenvalue weighted by Crippen LogP contribution is -2.46. The van der Waals surface area contributed by atoms with E-state index in [4.69, 9.17) is 15.7 Å². The van der Waals surface area contributed by atoms with Gasteiger partial charge in [-0.2, -0.15) is 0 Å². The van der Waals surface area contributed by atoms with Gasteiger partial charge in [-0.25, -0.2) is 0 Å². The molecule has 1 rings (SSSR count). The van der Waals surface area contributed by atoms with Gasteiger partial charge in [0.2, 0.25) is 5.91 Å². The van der Waals surface area contributed by atoms with Gasteiger partial charge in [-0.1, -0.05) is 12.1 Å². The third-order valence-electron chi connectivity index (χ3n) is 2.70. The Balaban J connectivity index is 2.48. The zero-order chi connectivity index (χ0) is 12.0. The Labute approximate surface area is 94.8 Å². The van der Waals surface area contributed by atoms with Gasteiger partial charge in [-0.15, -0.1) is 0 Å². The van der Waals surface area contributed by atoms with Crippen LogP contribution in [0.4, 0.5) is 0 Å². The number of nitrogens with zero attached hydrogens (tertiary/aromatic N) is 1. The highest BCUT2D eigenvalue weighted by atomic mass is 16.5. The van der Waals surface area contributed by atoms with Crippen LogP contribution in [-0.4, -0.2) is 36.2 Å². The minimum Gasteiger partial charge on any atom is -0.409 e. The fraction of sp³-hybridized carbons (Fsp3) is 0.800. The summed E-state index contributed by atoms with van der Waals surface area (Å²) in [5.41, 5.74) is 5.44. The molecule has 0 saturated carbocycles. The molecule has 2 unspecified atom stereocenters. The van der Waals surface area contributed by atoms with Gasteiger partial charge in [0, 0.05) is 6.61 Å². The van der Waals surface area contributed by atoms with Crippen molar-refractivity contribution in [3.05, 3.63) is 0 Å². The van der Waals surface area contributed by atoms with Gasteiger partial charge in [0.1, 0.15) is 0 Å². The number of amides is 1.